The van der Waals surface area contributed by atoms with E-state index in [0.717, 1.165) is 17.7 Å². The molecule has 0 saturated carbocycles. The molecule has 1 amide bonds. The number of hydrogen-bond acceptors (Lipinski definition) is 3. The fourth-order valence-corrected chi connectivity index (χ4v) is 4.66. The summed E-state index contributed by atoms with van der Waals surface area (Å²) in [6, 6.07) is 7.12. The van der Waals surface area contributed by atoms with Crippen molar-refractivity contribution in [3.05, 3.63) is 29.8 Å². The van der Waals surface area contributed by atoms with Crippen LogP contribution < -0.4 is 5.32 Å². The Morgan fingerprint density at radius 1 is 1.39 bits per heavy atom. The molecule has 0 bridgehead atoms. The third kappa shape index (κ3) is 4.32. The van der Waals surface area contributed by atoms with Gasteiger partial charge in [-0.3, -0.25) is 4.79 Å². The van der Waals surface area contributed by atoms with E-state index in [1.165, 1.54) is 4.31 Å². The molecule has 128 valence electrons. The van der Waals surface area contributed by atoms with Crippen molar-refractivity contribution in [2.75, 3.05) is 17.6 Å². The first-order chi connectivity index (χ1) is 10.8. The van der Waals surface area contributed by atoms with Gasteiger partial charge in [-0.2, -0.15) is 4.31 Å². The van der Waals surface area contributed by atoms with Gasteiger partial charge in [-0.1, -0.05) is 32.9 Å². The monoisotopic (exact) mass is 338 g/mol. The van der Waals surface area contributed by atoms with Gasteiger partial charge >= 0.3 is 0 Å². The van der Waals surface area contributed by atoms with Crippen LogP contribution in [0.25, 0.3) is 0 Å². The molecule has 0 spiro atoms. The van der Waals surface area contributed by atoms with E-state index >= 15 is 0 Å². The zero-order chi connectivity index (χ0) is 17.0. The molecular formula is C17H26N2O3S. The Morgan fingerprint density at radius 2 is 2.13 bits per heavy atom. The van der Waals surface area contributed by atoms with Crippen LogP contribution in [-0.2, 0) is 14.8 Å². The van der Waals surface area contributed by atoms with Crippen LogP contribution in [0.2, 0.25) is 0 Å². The van der Waals surface area contributed by atoms with Crippen LogP contribution >= 0.6 is 0 Å². The number of carbonyl (C=O) groups is 1. The number of nitrogens with one attached hydrogen (secondary N) is 1. The molecule has 6 heteroatoms. The maximum atomic E-state index is 12.5. The molecule has 1 N–H and O–H groups in total. The van der Waals surface area contributed by atoms with E-state index in [1.807, 2.05) is 31.2 Å². The number of rotatable bonds is 6. The van der Waals surface area contributed by atoms with Crippen molar-refractivity contribution >= 4 is 21.6 Å². The second kappa shape index (κ2) is 7.45. The molecule has 2 rings (SSSR count). The van der Waals surface area contributed by atoms with Gasteiger partial charge in [-0.15, -0.1) is 0 Å². The molecule has 1 aliphatic heterocycles. The summed E-state index contributed by atoms with van der Waals surface area (Å²) >= 11 is 0. The molecule has 0 aliphatic carbocycles. The number of sulfonamides is 1. The van der Waals surface area contributed by atoms with Crippen molar-refractivity contribution in [3.63, 3.8) is 0 Å². The normalized spacial score (nSPS) is 19.2. The Labute approximate surface area is 139 Å². The number of anilines is 1. The lowest BCUT2D eigenvalue weighted by Crippen LogP contribution is -2.44. The second-order valence-electron chi connectivity index (χ2n) is 6.35. The first-order valence-corrected chi connectivity index (χ1v) is 9.86. The van der Waals surface area contributed by atoms with Crippen LogP contribution in [0.5, 0.6) is 0 Å². The van der Waals surface area contributed by atoms with Crippen molar-refractivity contribution in [1.82, 2.24) is 4.31 Å². The molecule has 1 aromatic rings. The molecular weight excluding hydrogens is 312 g/mol. The number of hydrogen-bond donors (Lipinski definition) is 1. The van der Waals surface area contributed by atoms with Gasteiger partial charge in [0.05, 0.1) is 5.75 Å². The molecule has 1 atom stereocenters. The van der Waals surface area contributed by atoms with Crippen LogP contribution in [0.15, 0.2) is 24.3 Å². The highest BCUT2D eigenvalue weighted by Gasteiger charge is 2.38. The van der Waals surface area contributed by atoms with E-state index in [1.54, 1.807) is 0 Å². The fourth-order valence-electron chi connectivity index (χ4n) is 2.91. The fraction of sp³-hybridized carbons (Fsp3) is 0.588. The lowest BCUT2D eigenvalue weighted by Gasteiger charge is -2.23. The van der Waals surface area contributed by atoms with Crippen molar-refractivity contribution in [2.45, 2.75) is 52.0 Å². The molecule has 1 saturated heterocycles. The first-order valence-electron chi connectivity index (χ1n) is 8.25. The smallest absolute Gasteiger partial charge is 0.242 e. The summed E-state index contributed by atoms with van der Waals surface area (Å²) in [5.41, 5.74) is 1.87. The van der Waals surface area contributed by atoms with E-state index in [0.29, 0.717) is 25.3 Å². The molecule has 1 unspecified atom stereocenters. The van der Waals surface area contributed by atoms with E-state index in [-0.39, 0.29) is 11.7 Å². The molecule has 23 heavy (non-hydrogen) atoms. The summed E-state index contributed by atoms with van der Waals surface area (Å²) < 4.78 is 26.0. The van der Waals surface area contributed by atoms with Gasteiger partial charge in [0.2, 0.25) is 15.9 Å². The molecule has 1 fully saturated rings. The Hall–Kier alpha value is -1.40. The van der Waals surface area contributed by atoms with Crippen LogP contribution in [0, 0.1) is 0 Å². The Balaban J connectivity index is 2.12. The van der Waals surface area contributed by atoms with Gasteiger partial charge in [0.15, 0.2) is 0 Å². The van der Waals surface area contributed by atoms with Gasteiger partial charge in [0.1, 0.15) is 6.04 Å². The lowest BCUT2D eigenvalue weighted by molar-refractivity contribution is -0.119. The van der Waals surface area contributed by atoms with E-state index in [4.69, 9.17) is 0 Å². The first kappa shape index (κ1) is 17.9. The van der Waals surface area contributed by atoms with Gasteiger partial charge < -0.3 is 5.32 Å². The average molecular weight is 338 g/mol. The van der Waals surface area contributed by atoms with Crippen molar-refractivity contribution < 1.29 is 13.2 Å². The Kier molecular flexibility index (Phi) is 5.81. The summed E-state index contributed by atoms with van der Waals surface area (Å²) in [4.78, 5) is 12.5. The quantitative estimate of drug-likeness (QED) is 0.867. The zero-order valence-electron chi connectivity index (χ0n) is 14.1. The predicted molar refractivity (Wildman–Crippen MR) is 93.0 cm³/mol. The van der Waals surface area contributed by atoms with E-state index in [9.17, 15) is 13.2 Å². The summed E-state index contributed by atoms with van der Waals surface area (Å²) in [7, 11) is -3.35. The topological polar surface area (TPSA) is 66.5 Å². The highest BCUT2D eigenvalue weighted by molar-refractivity contribution is 7.89. The minimum absolute atomic E-state index is 0.0968. The summed E-state index contributed by atoms with van der Waals surface area (Å²) in [5.74, 6) is 0.238. The van der Waals surface area contributed by atoms with Crippen molar-refractivity contribution in [1.29, 1.82) is 0 Å². The molecule has 1 aromatic carbocycles. The standard InChI is InChI=1S/C17H26N2O3S/c1-4-11-23(21,22)19-10-6-9-16(19)17(20)18-15-8-5-7-14(12-15)13(2)3/h5,7-8,12-13,16H,4,6,9-11H2,1-3H3,(H,18,20). The molecule has 1 heterocycles. The molecule has 0 radical (unpaired) electrons. The van der Waals surface area contributed by atoms with E-state index < -0.39 is 16.1 Å². The SMILES string of the molecule is CCCS(=O)(=O)N1CCCC1C(=O)Nc1cccc(C(C)C)c1. The number of amides is 1. The van der Waals surface area contributed by atoms with Gasteiger partial charge in [-0.05, 0) is 42.9 Å². The van der Waals surface area contributed by atoms with Crippen molar-refractivity contribution in [3.8, 4) is 0 Å². The second-order valence-corrected chi connectivity index (χ2v) is 8.40. The number of nitrogens with zero attached hydrogens (tertiary/aromatic N) is 1. The zero-order valence-corrected chi connectivity index (χ0v) is 14.9. The maximum Gasteiger partial charge on any atom is 0.242 e. The number of carbonyl (C=O) groups excluding carboxylic acids is 1. The molecule has 0 aromatic heterocycles. The third-order valence-electron chi connectivity index (χ3n) is 4.15. The van der Waals surface area contributed by atoms with Crippen molar-refractivity contribution in [2.24, 2.45) is 0 Å². The number of benzene rings is 1. The predicted octanol–water partition coefficient (Wildman–Crippen LogP) is 2.95. The lowest BCUT2D eigenvalue weighted by atomic mass is 10.0. The minimum Gasteiger partial charge on any atom is -0.325 e. The highest BCUT2D eigenvalue weighted by atomic mass is 32.2. The highest BCUT2D eigenvalue weighted by Crippen LogP contribution is 2.24. The summed E-state index contributed by atoms with van der Waals surface area (Å²) in [6.07, 6.45) is 1.87. The van der Waals surface area contributed by atoms with Crippen LogP contribution in [0.1, 0.15) is 51.5 Å². The minimum atomic E-state index is -3.35. The summed E-state index contributed by atoms with van der Waals surface area (Å²) in [6.45, 7) is 6.46. The van der Waals surface area contributed by atoms with Crippen LogP contribution in [0.4, 0.5) is 5.69 Å². The van der Waals surface area contributed by atoms with Gasteiger partial charge in [0.25, 0.3) is 0 Å². The Bertz CT molecular complexity index is 656. The van der Waals surface area contributed by atoms with Gasteiger partial charge in [-0.25, -0.2) is 8.42 Å². The maximum absolute atomic E-state index is 12.5. The van der Waals surface area contributed by atoms with Crippen LogP contribution in [0.3, 0.4) is 0 Å². The Morgan fingerprint density at radius 3 is 2.78 bits per heavy atom. The molecule has 5 nitrogen and oxygen atoms in total. The summed E-state index contributed by atoms with van der Waals surface area (Å²) in [5, 5.41) is 2.88. The third-order valence-corrected chi connectivity index (χ3v) is 6.22. The largest absolute Gasteiger partial charge is 0.325 e. The van der Waals surface area contributed by atoms with Crippen LogP contribution in [-0.4, -0.2) is 37.0 Å². The van der Waals surface area contributed by atoms with Gasteiger partial charge in [0, 0.05) is 12.2 Å². The molecule has 1 aliphatic rings. The average Bonchev–Trinajstić information content (AvgIpc) is 2.98. The van der Waals surface area contributed by atoms with E-state index in [2.05, 4.69) is 19.2 Å².